The molecule has 0 saturated carbocycles. The number of aromatic nitrogens is 2. The Hall–Kier alpha value is -3.38. The van der Waals surface area contributed by atoms with E-state index in [-0.39, 0.29) is 19.6 Å². The molecule has 0 saturated heterocycles. The second-order valence-corrected chi connectivity index (χ2v) is 6.74. The SMILES string of the molecule is NC(=O)Cc1nc2ccccc2n1C[C@H](O)COc1ccc2ccccc2c1. The van der Waals surface area contributed by atoms with Gasteiger partial charge in [0, 0.05) is 0 Å². The number of carbonyl (C=O) groups is 1. The Morgan fingerprint density at radius 1 is 1.07 bits per heavy atom. The first kappa shape index (κ1) is 18.0. The number of amides is 1. The molecule has 4 rings (SSSR count). The molecule has 0 radical (unpaired) electrons. The standard InChI is InChI=1S/C22H21N3O3/c23-21(27)12-22-24-19-7-3-4-8-20(19)25(22)13-17(26)14-28-18-10-9-15-5-1-2-6-16(15)11-18/h1-11,17,26H,12-14H2,(H2,23,27)/t17-/m0/s1. The van der Waals surface area contributed by atoms with Crippen molar-refractivity contribution in [1.29, 1.82) is 0 Å². The molecule has 0 unspecified atom stereocenters. The number of hydrogen-bond acceptors (Lipinski definition) is 4. The molecule has 1 heterocycles. The van der Waals surface area contributed by atoms with Gasteiger partial charge in [-0.15, -0.1) is 0 Å². The highest BCUT2D eigenvalue weighted by molar-refractivity contribution is 5.83. The van der Waals surface area contributed by atoms with E-state index in [1.54, 1.807) is 0 Å². The van der Waals surface area contributed by atoms with E-state index >= 15 is 0 Å². The lowest BCUT2D eigenvalue weighted by atomic mass is 10.1. The number of benzene rings is 3. The largest absolute Gasteiger partial charge is 0.491 e. The molecule has 0 aliphatic heterocycles. The van der Waals surface area contributed by atoms with Crippen molar-refractivity contribution in [2.45, 2.75) is 19.1 Å². The predicted octanol–water partition coefficient (Wildman–Crippen LogP) is 2.66. The average Bonchev–Trinajstić information content (AvgIpc) is 3.02. The summed E-state index contributed by atoms with van der Waals surface area (Å²) in [5.41, 5.74) is 6.96. The third-order valence-corrected chi connectivity index (χ3v) is 4.62. The Kier molecular flexibility index (Phi) is 4.95. The number of para-hydroxylation sites is 2. The van der Waals surface area contributed by atoms with Crippen molar-refractivity contribution >= 4 is 27.7 Å². The molecule has 28 heavy (non-hydrogen) atoms. The molecule has 1 amide bonds. The number of nitrogens with two attached hydrogens (primary N) is 1. The third-order valence-electron chi connectivity index (χ3n) is 4.62. The zero-order valence-electron chi connectivity index (χ0n) is 15.3. The first-order chi connectivity index (χ1) is 13.6. The average molecular weight is 375 g/mol. The summed E-state index contributed by atoms with van der Waals surface area (Å²) >= 11 is 0. The minimum atomic E-state index is -0.768. The zero-order valence-corrected chi connectivity index (χ0v) is 15.3. The molecule has 1 aromatic heterocycles. The van der Waals surface area contributed by atoms with Crippen molar-refractivity contribution in [3.63, 3.8) is 0 Å². The van der Waals surface area contributed by atoms with Crippen LogP contribution in [-0.2, 0) is 17.8 Å². The summed E-state index contributed by atoms with van der Waals surface area (Å²) in [4.78, 5) is 15.9. The Bertz CT molecular complexity index is 1140. The predicted molar refractivity (Wildman–Crippen MR) is 108 cm³/mol. The Labute approximate surface area is 162 Å². The topological polar surface area (TPSA) is 90.4 Å². The summed E-state index contributed by atoms with van der Waals surface area (Å²) in [6.45, 7) is 0.386. The van der Waals surface area contributed by atoms with Crippen molar-refractivity contribution in [3.8, 4) is 5.75 Å². The van der Waals surface area contributed by atoms with Crippen LogP contribution in [0.3, 0.4) is 0 Å². The molecular formula is C22H21N3O3. The normalized spacial score (nSPS) is 12.3. The molecule has 6 heteroatoms. The van der Waals surface area contributed by atoms with Crippen LogP contribution >= 0.6 is 0 Å². The number of carbonyl (C=O) groups excluding carboxylic acids is 1. The number of nitrogens with zero attached hydrogens (tertiary/aromatic N) is 2. The number of ether oxygens (including phenoxy) is 1. The summed E-state index contributed by atoms with van der Waals surface area (Å²) in [7, 11) is 0. The number of fused-ring (bicyclic) bond motifs is 2. The Morgan fingerprint density at radius 3 is 2.64 bits per heavy atom. The molecule has 3 aromatic carbocycles. The van der Waals surface area contributed by atoms with Gasteiger partial charge >= 0.3 is 0 Å². The summed E-state index contributed by atoms with van der Waals surface area (Å²) < 4.78 is 7.61. The second-order valence-electron chi connectivity index (χ2n) is 6.74. The van der Waals surface area contributed by atoms with Gasteiger partial charge in [0.25, 0.3) is 0 Å². The van der Waals surface area contributed by atoms with E-state index in [4.69, 9.17) is 10.5 Å². The van der Waals surface area contributed by atoms with Gasteiger partial charge in [-0.3, -0.25) is 4.79 Å². The summed E-state index contributed by atoms with van der Waals surface area (Å²) in [6.07, 6.45) is -0.747. The van der Waals surface area contributed by atoms with E-state index in [0.717, 1.165) is 21.8 Å². The van der Waals surface area contributed by atoms with Crippen LogP contribution in [0.1, 0.15) is 5.82 Å². The minimum absolute atomic E-state index is 0.0208. The maximum atomic E-state index is 11.4. The lowest BCUT2D eigenvalue weighted by Crippen LogP contribution is -2.26. The van der Waals surface area contributed by atoms with Gasteiger partial charge in [-0.25, -0.2) is 4.98 Å². The maximum Gasteiger partial charge on any atom is 0.225 e. The molecule has 6 nitrogen and oxygen atoms in total. The molecule has 4 aromatic rings. The van der Waals surface area contributed by atoms with Gasteiger partial charge in [0.15, 0.2) is 0 Å². The molecule has 0 aliphatic carbocycles. The second kappa shape index (κ2) is 7.70. The van der Waals surface area contributed by atoms with Crippen LogP contribution in [0.5, 0.6) is 5.75 Å². The van der Waals surface area contributed by atoms with Crippen molar-refractivity contribution in [2.24, 2.45) is 5.73 Å². The van der Waals surface area contributed by atoms with E-state index < -0.39 is 12.0 Å². The van der Waals surface area contributed by atoms with Crippen LogP contribution in [0.25, 0.3) is 21.8 Å². The lowest BCUT2D eigenvalue weighted by Gasteiger charge is -2.15. The minimum Gasteiger partial charge on any atom is -0.491 e. The van der Waals surface area contributed by atoms with Gasteiger partial charge in [0.2, 0.25) is 5.91 Å². The number of primary amides is 1. The number of aliphatic hydroxyl groups is 1. The van der Waals surface area contributed by atoms with E-state index in [9.17, 15) is 9.90 Å². The van der Waals surface area contributed by atoms with E-state index in [1.807, 2.05) is 71.3 Å². The molecule has 0 spiro atoms. The Morgan fingerprint density at radius 2 is 1.82 bits per heavy atom. The fourth-order valence-electron chi connectivity index (χ4n) is 3.33. The first-order valence-corrected chi connectivity index (χ1v) is 9.12. The van der Waals surface area contributed by atoms with E-state index in [0.29, 0.717) is 11.6 Å². The molecule has 3 N–H and O–H groups in total. The lowest BCUT2D eigenvalue weighted by molar-refractivity contribution is -0.117. The maximum absolute atomic E-state index is 11.4. The number of rotatable bonds is 7. The summed E-state index contributed by atoms with van der Waals surface area (Å²) in [6, 6.07) is 21.4. The van der Waals surface area contributed by atoms with Gasteiger partial charge in [-0.05, 0) is 35.0 Å². The van der Waals surface area contributed by atoms with Crippen LogP contribution in [0, 0.1) is 0 Å². The van der Waals surface area contributed by atoms with Crippen LogP contribution < -0.4 is 10.5 Å². The number of hydrogen-bond donors (Lipinski definition) is 2. The van der Waals surface area contributed by atoms with Crippen LogP contribution in [-0.4, -0.2) is 33.3 Å². The molecule has 0 aliphatic rings. The quantitative estimate of drug-likeness (QED) is 0.520. The monoisotopic (exact) mass is 375 g/mol. The fraction of sp³-hybridized carbons (Fsp3) is 0.182. The van der Waals surface area contributed by atoms with Gasteiger partial charge in [-0.1, -0.05) is 42.5 Å². The van der Waals surface area contributed by atoms with Gasteiger partial charge in [-0.2, -0.15) is 0 Å². The first-order valence-electron chi connectivity index (χ1n) is 9.12. The van der Waals surface area contributed by atoms with Crippen molar-refractivity contribution in [1.82, 2.24) is 9.55 Å². The van der Waals surface area contributed by atoms with Crippen LogP contribution in [0.4, 0.5) is 0 Å². The fourth-order valence-corrected chi connectivity index (χ4v) is 3.33. The number of aliphatic hydroxyl groups excluding tert-OH is 1. The van der Waals surface area contributed by atoms with Crippen molar-refractivity contribution in [3.05, 3.63) is 72.6 Å². The third kappa shape index (κ3) is 3.82. The summed E-state index contributed by atoms with van der Waals surface area (Å²) in [5.74, 6) is 0.780. The van der Waals surface area contributed by atoms with E-state index in [1.165, 1.54) is 0 Å². The zero-order chi connectivity index (χ0) is 19.5. The smallest absolute Gasteiger partial charge is 0.225 e. The van der Waals surface area contributed by atoms with E-state index in [2.05, 4.69) is 4.98 Å². The van der Waals surface area contributed by atoms with Gasteiger partial charge in [0.05, 0.1) is 24.0 Å². The van der Waals surface area contributed by atoms with Crippen molar-refractivity contribution in [2.75, 3.05) is 6.61 Å². The molecule has 0 bridgehead atoms. The van der Waals surface area contributed by atoms with Crippen LogP contribution in [0.2, 0.25) is 0 Å². The highest BCUT2D eigenvalue weighted by Crippen LogP contribution is 2.21. The highest BCUT2D eigenvalue weighted by atomic mass is 16.5. The molecule has 0 fully saturated rings. The van der Waals surface area contributed by atoms with Crippen molar-refractivity contribution < 1.29 is 14.6 Å². The summed E-state index contributed by atoms with van der Waals surface area (Å²) in [5, 5.41) is 12.7. The molecule has 142 valence electrons. The molecule has 1 atom stereocenters. The van der Waals surface area contributed by atoms with Crippen LogP contribution in [0.15, 0.2) is 66.7 Å². The molecular weight excluding hydrogens is 354 g/mol. The van der Waals surface area contributed by atoms with Gasteiger partial charge in [0.1, 0.15) is 24.3 Å². The highest BCUT2D eigenvalue weighted by Gasteiger charge is 2.16. The Balaban J connectivity index is 1.49. The number of imidazole rings is 1. The van der Waals surface area contributed by atoms with Gasteiger partial charge < -0.3 is 20.1 Å².